The summed E-state index contributed by atoms with van der Waals surface area (Å²) in [6.45, 7) is 4.90. The molecule has 0 unspecified atom stereocenters. The highest BCUT2D eigenvalue weighted by atomic mass is 16.5. The molecule has 2 amide bonds. The molecule has 6 nitrogen and oxygen atoms in total. The summed E-state index contributed by atoms with van der Waals surface area (Å²) in [4.78, 5) is 26.9. The van der Waals surface area contributed by atoms with Gasteiger partial charge in [-0.05, 0) is 43.7 Å². The number of carbonyl (C=O) groups is 2. The van der Waals surface area contributed by atoms with Crippen molar-refractivity contribution in [2.24, 2.45) is 0 Å². The number of nitrogens with zero attached hydrogens (tertiary/aromatic N) is 1. The van der Waals surface area contributed by atoms with E-state index in [1.165, 1.54) is 0 Å². The van der Waals surface area contributed by atoms with Gasteiger partial charge in [0.15, 0.2) is 5.75 Å². The van der Waals surface area contributed by atoms with Crippen molar-refractivity contribution in [3.05, 3.63) is 90.0 Å². The maximum atomic E-state index is 12.8. The molecule has 0 aromatic heterocycles. The van der Waals surface area contributed by atoms with E-state index in [2.05, 4.69) is 10.6 Å². The number of hydrogen-bond acceptors (Lipinski definition) is 4. The predicted molar refractivity (Wildman–Crippen MR) is 127 cm³/mol. The lowest BCUT2D eigenvalue weighted by molar-refractivity contribution is -0.120. The number of likely N-dealkylation sites (N-methyl/N-ethyl adjacent to an activating group) is 1. The van der Waals surface area contributed by atoms with Crippen molar-refractivity contribution < 1.29 is 14.3 Å². The second kappa shape index (κ2) is 11.6. The SMILES string of the molecule is CCNC(=O)CN(CC(=O)NCc1cccc(C)c1)c1ccccc1Oc1ccccc1. The summed E-state index contributed by atoms with van der Waals surface area (Å²) in [5, 5.41) is 5.75. The Morgan fingerprint density at radius 2 is 1.53 bits per heavy atom. The summed E-state index contributed by atoms with van der Waals surface area (Å²) >= 11 is 0. The Hall–Kier alpha value is -3.80. The van der Waals surface area contributed by atoms with Crippen LogP contribution in [-0.2, 0) is 16.1 Å². The van der Waals surface area contributed by atoms with Crippen LogP contribution in [0.3, 0.4) is 0 Å². The molecule has 0 aliphatic carbocycles. The fourth-order valence-electron chi connectivity index (χ4n) is 3.32. The highest BCUT2D eigenvalue weighted by Gasteiger charge is 2.19. The van der Waals surface area contributed by atoms with E-state index in [0.717, 1.165) is 11.1 Å². The lowest BCUT2D eigenvalue weighted by Gasteiger charge is -2.26. The quantitative estimate of drug-likeness (QED) is 0.508. The first-order chi connectivity index (χ1) is 15.5. The fraction of sp³-hybridized carbons (Fsp3) is 0.231. The Labute approximate surface area is 189 Å². The van der Waals surface area contributed by atoms with Gasteiger partial charge in [0.05, 0.1) is 18.8 Å². The van der Waals surface area contributed by atoms with E-state index in [1.807, 2.05) is 92.7 Å². The minimum Gasteiger partial charge on any atom is -0.455 e. The minimum absolute atomic E-state index is 0.0259. The first-order valence-corrected chi connectivity index (χ1v) is 10.7. The number of hydrogen-bond donors (Lipinski definition) is 2. The Balaban J connectivity index is 1.76. The Bertz CT molecular complexity index is 1040. The molecule has 0 bridgehead atoms. The third kappa shape index (κ3) is 6.87. The number of nitrogens with one attached hydrogen (secondary N) is 2. The third-order valence-corrected chi connectivity index (χ3v) is 4.79. The van der Waals surface area contributed by atoms with Gasteiger partial charge in [0.2, 0.25) is 11.8 Å². The second-order valence-corrected chi connectivity index (χ2v) is 7.46. The zero-order valence-electron chi connectivity index (χ0n) is 18.5. The molecule has 0 heterocycles. The summed E-state index contributed by atoms with van der Waals surface area (Å²) in [6, 6.07) is 24.8. The van der Waals surface area contributed by atoms with Crippen LogP contribution in [0.4, 0.5) is 5.69 Å². The average Bonchev–Trinajstić information content (AvgIpc) is 2.79. The van der Waals surface area contributed by atoms with E-state index in [-0.39, 0.29) is 24.9 Å². The number of rotatable bonds is 10. The van der Waals surface area contributed by atoms with Gasteiger partial charge in [-0.2, -0.15) is 0 Å². The smallest absolute Gasteiger partial charge is 0.239 e. The van der Waals surface area contributed by atoms with E-state index < -0.39 is 0 Å². The van der Waals surface area contributed by atoms with Gasteiger partial charge in [0, 0.05) is 13.1 Å². The maximum Gasteiger partial charge on any atom is 0.239 e. The van der Waals surface area contributed by atoms with Crippen molar-refractivity contribution in [2.45, 2.75) is 20.4 Å². The zero-order valence-corrected chi connectivity index (χ0v) is 18.5. The van der Waals surface area contributed by atoms with Crippen LogP contribution in [0.15, 0.2) is 78.9 Å². The topological polar surface area (TPSA) is 70.7 Å². The van der Waals surface area contributed by atoms with Gasteiger partial charge in [-0.1, -0.05) is 60.2 Å². The molecular weight excluding hydrogens is 402 g/mol. The highest BCUT2D eigenvalue weighted by Crippen LogP contribution is 2.32. The van der Waals surface area contributed by atoms with Gasteiger partial charge in [0.1, 0.15) is 5.75 Å². The van der Waals surface area contributed by atoms with E-state index >= 15 is 0 Å². The molecule has 0 spiro atoms. The number of para-hydroxylation sites is 3. The van der Waals surface area contributed by atoms with Crippen molar-refractivity contribution in [3.63, 3.8) is 0 Å². The monoisotopic (exact) mass is 431 g/mol. The van der Waals surface area contributed by atoms with Crippen LogP contribution in [0.25, 0.3) is 0 Å². The van der Waals surface area contributed by atoms with Crippen molar-refractivity contribution in [1.82, 2.24) is 10.6 Å². The van der Waals surface area contributed by atoms with Crippen molar-refractivity contribution >= 4 is 17.5 Å². The lowest BCUT2D eigenvalue weighted by atomic mass is 10.1. The van der Waals surface area contributed by atoms with E-state index in [4.69, 9.17) is 4.74 Å². The van der Waals surface area contributed by atoms with Gasteiger partial charge >= 0.3 is 0 Å². The first kappa shape index (κ1) is 22.9. The molecule has 0 saturated heterocycles. The van der Waals surface area contributed by atoms with Crippen LogP contribution in [0.2, 0.25) is 0 Å². The average molecular weight is 432 g/mol. The largest absolute Gasteiger partial charge is 0.455 e. The molecule has 0 fully saturated rings. The van der Waals surface area contributed by atoms with Crippen LogP contribution in [0, 0.1) is 6.92 Å². The van der Waals surface area contributed by atoms with Crippen LogP contribution < -0.4 is 20.3 Å². The number of amides is 2. The Morgan fingerprint density at radius 1 is 0.844 bits per heavy atom. The van der Waals surface area contributed by atoms with Crippen molar-refractivity contribution in [3.8, 4) is 11.5 Å². The van der Waals surface area contributed by atoms with Gasteiger partial charge in [-0.3, -0.25) is 9.59 Å². The number of anilines is 1. The number of benzene rings is 3. The molecule has 0 radical (unpaired) electrons. The molecule has 32 heavy (non-hydrogen) atoms. The molecule has 0 aliphatic rings. The maximum absolute atomic E-state index is 12.8. The standard InChI is InChI=1S/C26H29N3O3/c1-3-27-25(30)18-29(19-26(31)28-17-21-11-9-10-20(2)16-21)23-14-7-8-15-24(23)32-22-12-5-4-6-13-22/h4-16H,3,17-19H2,1-2H3,(H,27,30)(H,28,31). The number of aryl methyl sites for hydroxylation is 1. The zero-order chi connectivity index (χ0) is 22.8. The number of ether oxygens (including phenoxy) is 1. The van der Waals surface area contributed by atoms with Crippen LogP contribution in [0.1, 0.15) is 18.1 Å². The fourth-order valence-corrected chi connectivity index (χ4v) is 3.32. The molecule has 166 valence electrons. The molecule has 0 saturated carbocycles. The first-order valence-electron chi connectivity index (χ1n) is 10.7. The summed E-state index contributed by atoms with van der Waals surface area (Å²) < 4.78 is 6.05. The van der Waals surface area contributed by atoms with Gasteiger partial charge in [0.25, 0.3) is 0 Å². The molecule has 3 rings (SSSR count). The van der Waals surface area contributed by atoms with Crippen molar-refractivity contribution in [2.75, 3.05) is 24.5 Å². The summed E-state index contributed by atoms with van der Waals surface area (Å²) in [7, 11) is 0. The predicted octanol–water partition coefficient (Wildman–Crippen LogP) is 4.05. The van der Waals surface area contributed by atoms with Crippen molar-refractivity contribution in [1.29, 1.82) is 0 Å². The van der Waals surface area contributed by atoms with Gasteiger partial charge in [-0.25, -0.2) is 0 Å². The summed E-state index contributed by atoms with van der Waals surface area (Å²) in [5.41, 5.74) is 2.84. The third-order valence-electron chi connectivity index (χ3n) is 4.79. The molecule has 6 heteroatoms. The molecule has 0 atom stereocenters. The van der Waals surface area contributed by atoms with Crippen LogP contribution >= 0.6 is 0 Å². The van der Waals surface area contributed by atoms with Crippen LogP contribution in [-0.4, -0.2) is 31.4 Å². The minimum atomic E-state index is -0.176. The molecule has 0 aliphatic heterocycles. The van der Waals surface area contributed by atoms with Gasteiger partial charge < -0.3 is 20.3 Å². The number of carbonyl (C=O) groups excluding carboxylic acids is 2. The van der Waals surface area contributed by atoms with Gasteiger partial charge in [-0.15, -0.1) is 0 Å². The van der Waals surface area contributed by atoms with E-state index in [0.29, 0.717) is 30.3 Å². The Kier molecular flexibility index (Phi) is 8.26. The highest BCUT2D eigenvalue weighted by molar-refractivity contribution is 5.87. The molecular formula is C26H29N3O3. The Morgan fingerprint density at radius 3 is 2.25 bits per heavy atom. The van der Waals surface area contributed by atoms with E-state index in [9.17, 15) is 9.59 Å². The second-order valence-electron chi connectivity index (χ2n) is 7.46. The summed E-state index contributed by atoms with van der Waals surface area (Å²) in [5.74, 6) is 0.926. The van der Waals surface area contributed by atoms with Crippen LogP contribution in [0.5, 0.6) is 11.5 Å². The molecule has 3 aromatic rings. The molecule has 3 aromatic carbocycles. The summed E-state index contributed by atoms with van der Waals surface area (Å²) in [6.07, 6.45) is 0. The molecule has 2 N–H and O–H groups in total. The normalized spacial score (nSPS) is 10.3. The van der Waals surface area contributed by atoms with E-state index in [1.54, 1.807) is 4.90 Å². The lowest BCUT2D eigenvalue weighted by Crippen LogP contribution is -2.43.